The Hall–Kier alpha value is -2.58. The number of hydrogen-bond acceptors (Lipinski definition) is 9. The number of ether oxygens (including phenoxy) is 2. The molecule has 0 unspecified atom stereocenters. The molecule has 0 fully saturated rings. The molecule has 0 spiro atoms. The number of rotatable bonds is 6. The van der Waals surface area contributed by atoms with Crippen LogP contribution < -0.4 is 23.2 Å². The van der Waals surface area contributed by atoms with Gasteiger partial charge in [-0.3, -0.25) is 9.11 Å². The summed E-state index contributed by atoms with van der Waals surface area (Å²) in [7, 11) is -7.06. The maximum atomic E-state index is 11.6. The Kier molecular flexibility index (Phi) is 5.26. The molecule has 1 aliphatic heterocycles. The summed E-state index contributed by atoms with van der Waals surface area (Å²) < 4.78 is 84.1. The lowest BCUT2D eigenvalue weighted by Crippen LogP contribution is -2.34. The van der Waals surface area contributed by atoms with Crippen LogP contribution in [-0.4, -0.2) is 46.7 Å². The van der Waals surface area contributed by atoms with Crippen LogP contribution >= 0.6 is 0 Å². The second-order valence-corrected chi connectivity index (χ2v) is 9.04. The van der Waals surface area contributed by atoms with Gasteiger partial charge < -0.3 is 23.2 Å². The third-order valence-electron chi connectivity index (χ3n) is 5.19. The topological polar surface area (TPSA) is 158 Å². The number of methoxy groups -OCH3 is 2. The van der Waals surface area contributed by atoms with Crippen molar-refractivity contribution in [2.75, 3.05) is 20.8 Å². The SMILES string of the molecule is COc1cc2c(cc1OS(=O)(=O)O)C[C@H]1NCCc3cc(OC)c(OS(=O)(=O)O)c-2c31. The second kappa shape index (κ2) is 7.53. The van der Waals surface area contributed by atoms with Gasteiger partial charge in [0.1, 0.15) is 0 Å². The second-order valence-electron chi connectivity index (χ2n) is 7.00. The van der Waals surface area contributed by atoms with Crippen LogP contribution in [-0.2, 0) is 33.6 Å². The van der Waals surface area contributed by atoms with Crippen LogP contribution in [0, 0.1) is 0 Å². The Morgan fingerprint density at radius 1 is 0.903 bits per heavy atom. The van der Waals surface area contributed by atoms with Crippen molar-refractivity contribution in [3.63, 3.8) is 0 Å². The maximum Gasteiger partial charge on any atom is 0.446 e. The van der Waals surface area contributed by atoms with Crippen LogP contribution in [0.3, 0.4) is 0 Å². The highest BCUT2D eigenvalue weighted by molar-refractivity contribution is 7.81. The monoisotopic (exact) mass is 473 g/mol. The zero-order valence-electron chi connectivity index (χ0n) is 16.4. The molecule has 3 N–H and O–H groups in total. The molecule has 1 heterocycles. The van der Waals surface area contributed by atoms with Crippen molar-refractivity contribution < 1.29 is 43.8 Å². The highest BCUT2D eigenvalue weighted by atomic mass is 32.3. The summed E-state index contributed by atoms with van der Waals surface area (Å²) in [6, 6.07) is 4.27. The van der Waals surface area contributed by atoms with Crippen molar-refractivity contribution in [1.29, 1.82) is 0 Å². The van der Waals surface area contributed by atoms with Gasteiger partial charge in [-0.25, -0.2) is 0 Å². The quantitative estimate of drug-likeness (QED) is 0.522. The Labute approximate surface area is 178 Å². The fraction of sp³-hybridized carbons (Fsp3) is 0.333. The van der Waals surface area contributed by atoms with E-state index in [0.29, 0.717) is 36.1 Å². The lowest BCUT2D eigenvalue weighted by atomic mass is 9.77. The minimum atomic E-state index is -4.88. The molecule has 0 radical (unpaired) electrons. The van der Waals surface area contributed by atoms with E-state index in [4.69, 9.17) is 18.2 Å². The third kappa shape index (κ3) is 4.14. The summed E-state index contributed by atoms with van der Waals surface area (Å²) in [5.41, 5.74) is 3.12. The smallest absolute Gasteiger partial charge is 0.446 e. The molecule has 1 atom stereocenters. The molecule has 11 nitrogen and oxygen atoms in total. The minimum Gasteiger partial charge on any atom is -0.493 e. The molecule has 4 rings (SSSR count). The van der Waals surface area contributed by atoms with E-state index in [0.717, 1.165) is 11.1 Å². The van der Waals surface area contributed by atoms with Crippen molar-refractivity contribution in [2.24, 2.45) is 0 Å². The van der Waals surface area contributed by atoms with Crippen molar-refractivity contribution in [3.8, 4) is 34.1 Å². The van der Waals surface area contributed by atoms with Crippen molar-refractivity contribution >= 4 is 20.8 Å². The van der Waals surface area contributed by atoms with E-state index in [2.05, 4.69) is 9.50 Å². The van der Waals surface area contributed by atoms with Crippen LogP contribution in [0.25, 0.3) is 11.1 Å². The average Bonchev–Trinajstić information content (AvgIpc) is 2.66. The summed E-state index contributed by atoms with van der Waals surface area (Å²) in [4.78, 5) is 0. The van der Waals surface area contributed by atoms with Crippen LogP contribution in [0.15, 0.2) is 18.2 Å². The van der Waals surface area contributed by atoms with Gasteiger partial charge in [0.15, 0.2) is 23.0 Å². The van der Waals surface area contributed by atoms with E-state index in [-0.39, 0.29) is 29.0 Å². The minimum absolute atomic E-state index is 0.0204. The Balaban J connectivity index is 2.04. The molecule has 1 aliphatic carbocycles. The summed E-state index contributed by atoms with van der Waals surface area (Å²) in [6.45, 7) is 0.651. The molecule has 2 aromatic carbocycles. The fourth-order valence-corrected chi connectivity index (χ4v) is 4.87. The Morgan fingerprint density at radius 2 is 1.55 bits per heavy atom. The summed E-state index contributed by atoms with van der Waals surface area (Å²) in [5.74, 6) is -0.350. The van der Waals surface area contributed by atoms with Gasteiger partial charge >= 0.3 is 20.8 Å². The van der Waals surface area contributed by atoms with E-state index < -0.39 is 20.8 Å². The molecule has 0 amide bonds. The zero-order valence-corrected chi connectivity index (χ0v) is 18.0. The Morgan fingerprint density at radius 3 is 2.16 bits per heavy atom. The first kappa shape index (κ1) is 21.6. The van der Waals surface area contributed by atoms with Gasteiger partial charge in [-0.1, -0.05) is 0 Å². The van der Waals surface area contributed by atoms with Crippen LogP contribution in [0.2, 0.25) is 0 Å². The molecule has 0 bridgehead atoms. The number of hydrogen-bond donors (Lipinski definition) is 3. The molecule has 0 saturated heterocycles. The standard InChI is InChI=1S/C18H19NO10S2/c1-26-13-8-11-10(7-14(13)28-30(20,21)22)5-12-16-9(3-4-19-12)6-15(27-2)18(17(11)16)29-31(23,24)25/h6-8,12,19H,3-5H2,1-2H3,(H,20,21,22)(H,23,24,25)/t12-/m1/s1. The van der Waals surface area contributed by atoms with Gasteiger partial charge in [-0.05, 0) is 59.8 Å². The van der Waals surface area contributed by atoms with Crippen molar-refractivity contribution in [1.82, 2.24) is 5.32 Å². The predicted octanol–water partition coefficient (Wildman–Crippen LogP) is 1.48. The van der Waals surface area contributed by atoms with Crippen LogP contribution in [0.1, 0.15) is 22.7 Å². The van der Waals surface area contributed by atoms with Crippen molar-refractivity contribution in [2.45, 2.75) is 18.9 Å². The summed E-state index contributed by atoms with van der Waals surface area (Å²) >= 11 is 0. The van der Waals surface area contributed by atoms with Crippen LogP contribution in [0.4, 0.5) is 0 Å². The average molecular weight is 473 g/mol. The van der Waals surface area contributed by atoms with Crippen molar-refractivity contribution in [3.05, 3.63) is 34.9 Å². The van der Waals surface area contributed by atoms with E-state index in [1.807, 2.05) is 0 Å². The molecular formula is C18H19NO10S2. The molecule has 2 aliphatic rings. The summed E-state index contributed by atoms with van der Waals surface area (Å²) in [6.07, 6.45) is 1.07. The number of fused-ring (bicyclic) bond motifs is 2. The highest BCUT2D eigenvalue weighted by Gasteiger charge is 2.36. The lowest BCUT2D eigenvalue weighted by molar-refractivity contribution is 0.356. The molecule has 31 heavy (non-hydrogen) atoms. The highest BCUT2D eigenvalue weighted by Crippen LogP contribution is 2.53. The normalized spacial score (nSPS) is 17.4. The summed E-state index contributed by atoms with van der Waals surface area (Å²) in [5, 5.41) is 3.33. The first-order valence-electron chi connectivity index (χ1n) is 9.03. The van der Waals surface area contributed by atoms with Gasteiger partial charge in [0.2, 0.25) is 0 Å². The van der Waals surface area contributed by atoms with E-state index >= 15 is 0 Å². The number of benzene rings is 2. The van der Waals surface area contributed by atoms with E-state index in [9.17, 15) is 21.4 Å². The van der Waals surface area contributed by atoms with Gasteiger partial charge in [0.05, 0.1) is 14.2 Å². The van der Waals surface area contributed by atoms with Gasteiger partial charge in [-0.2, -0.15) is 16.8 Å². The zero-order chi connectivity index (χ0) is 22.6. The predicted molar refractivity (Wildman–Crippen MR) is 107 cm³/mol. The van der Waals surface area contributed by atoms with Gasteiger partial charge in [0.25, 0.3) is 0 Å². The van der Waals surface area contributed by atoms with Gasteiger partial charge in [0, 0.05) is 11.6 Å². The Bertz CT molecular complexity index is 1270. The molecule has 13 heteroatoms. The number of nitrogens with one attached hydrogen (secondary N) is 1. The third-order valence-corrected chi connectivity index (χ3v) is 5.96. The maximum absolute atomic E-state index is 11.6. The van der Waals surface area contributed by atoms with Gasteiger partial charge in [-0.15, -0.1) is 0 Å². The molecule has 168 valence electrons. The molecular weight excluding hydrogens is 454 g/mol. The van der Waals surface area contributed by atoms with E-state index in [1.165, 1.54) is 26.4 Å². The van der Waals surface area contributed by atoms with Crippen LogP contribution in [0.5, 0.6) is 23.0 Å². The molecule has 2 aromatic rings. The molecule has 0 saturated carbocycles. The lowest BCUT2D eigenvalue weighted by Gasteiger charge is -2.35. The molecule has 0 aromatic heterocycles. The fourth-order valence-electron chi connectivity index (χ4n) is 4.14. The van der Waals surface area contributed by atoms with E-state index in [1.54, 1.807) is 6.07 Å². The first-order valence-corrected chi connectivity index (χ1v) is 11.8. The largest absolute Gasteiger partial charge is 0.493 e. The first-order chi connectivity index (χ1) is 14.5.